The highest BCUT2D eigenvalue weighted by Gasteiger charge is 2.27. The van der Waals surface area contributed by atoms with E-state index in [1.807, 2.05) is 6.92 Å². The van der Waals surface area contributed by atoms with Gasteiger partial charge in [-0.05, 0) is 41.7 Å². The van der Waals surface area contributed by atoms with Crippen LogP contribution in [-0.4, -0.2) is 28.1 Å². The smallest absolute Gasteiger partial charge is 0.338 e. The van der Waals surface area contributed by atoms with E-state index in [0.29, 0.717) is 18.1 Å². The fourth-order valence-corrected chi connectivity index (χ4v) is 5.48. The number of methoxy groups -OCH3 is 1. The lowest BCUT2D eigenvalue weighted by Crippen LogP contribution is -2.17. The van der Waals surface area contributed by atoms with Gasteiger partial charge in [0.2, 0.25) is 0 Å². The van der Waals surface area contributed by atoms with Crippen LogP contribution in [0.4, 0.5) is 14.5 Å². The van der Waals surface area contributed by atoms with E-state index in [1.165, 1.54) is 13.2 Å². The third-order valence-corrected chi connectivity index (χ3v) is 7.26. The number of carbonyl (C=O) groups is 1. The Morgan fingerprint density at radius 1 is 1.09 bits per heavy atom. The van der Waals surface area contributed by atoms with Crippen LogP contribution in [0.1, 0.15) is 35.2 Å². The van der Waals surface area contributed by atoms with Crippen molar-refractivity contribution >= 4 is 33.3 Å². The standard InChI is InChI=1S/C24H20ClF2NO5S/c1-13-7-8-33-24(29)14-9-18(25)23(32-2)22(10-14)34(30,31)28-21-11-17(19(26)12-20(21)27)16-6-4-3-5-15(13)16/h3-6,9-13,28H,7-8H2,1-2H3. The zero-order valence-corrected chi connectivity index (χ0v) is 19.8. The molecule has 0 saturated carbocycles. The average molecular weight is 508 g/mol. The van der Waals surface area contributed by atoms with Gasteiger partial charge in [-0.25, -0.2) is 22.0 Å². The number of anilines is 1. The van der Waals surface area contributed by atoms with Crippen LogP contribution in [0.25, 0.3) is 11.1 Å². The van der Waals surface area contributed by atoms with E-state index >= 15 is 0 Å². The highest BCUT2D eigenvalue weighted by atomic mass is 35.5. The molecule has 0 radical (unpaired) electrons. The summed E-state index contributed by atoms with van der Waals surface area (Å²) in [6.07, 6.45) is 0.408. The molecule has 0 aromatic heterocycles. The van der Waals surface area contributed by atoms with Crippen molar-refractivity contribution in [2.45, 2.75) is 24.2 Å². The molecule has 0 fully saturated rings. The Morgan fingerprint density at radius 2 is 1.82 bits per heavy atom. The monoisotopic (exact) mass is 507 g/mol. The number of carbonyl (C=O) groups excluding carboxylic acids is 1. The number of sulfonamides is 1. The minimum absolute atomic E-state index is 0.0205. The summed E-state index contributed by atoms with van der Waals surface area (Å²) in [5, 5.41) is -0.150. The van der Waals surface area contributed by atoms with E-state index in [2.05, 4.69) is 4.72 Å². The molecule has 0 spiro atoms. The fraction of sp³-hybridized carbons (Fsp3) is 0.208. The lowest BCUT2D eigenvalue weighted by molar-refractivity contribution is 0.0494. The number of hydrogen-bond donors (Lipinski definition) is 1. The number of ether oxygens (including phenoxy) is 2. The van der Waals surface area contributed by atoms with Crippen molar-refractivity contribution in [2.75, 3.05) is 18.4 Å². The summed E-state index contributed by atoms with van der Waals surface area (Å²) in [4.78, 5) is 12.1. The molecular weight excluding hydrogens is 488 g/mol. The Balaban J connectivity index is 1.97. The lowest BCUT2D eigenvalue weighted by Gasteiger charge is -2.18. The van der Waals surface area contributed by atoms with Crippen LogP contribution in [0.5, 0.6) is 5.75 Å². The molecule has 1 N–H and O–H groups in total. The van der Waals surface area contributed by atoms with Crippen LogP contribution < -0.4 is 9.46 Å². The second-order valence-electron chi connectivity index (χ2n) is 7.82. The lowest BCUT2D eigenvalue weighted by atomic mass is 9.89. The SMILES string of the molecule is COc1c(Cl)cc2cc1S(=O)(=O)Nc1cc(c(F)cc1F)-c1ccccc1C(C)CCOC2=O. The quantitative estimate of drug-likeness (QED) is 0.424. The third-order valence-electron chi connectivity index (χ3n) is 5.61. The van der Waals surface area contributed by atoms with E-state index in [-0.39, 0.29) is 34.4 Å². The van der Waals surface area contributed by atoms with Gasteiger partial charge in [-0.2, -0.15) is 0 Å². The predicted molar refractivity (Wildman–Crippen MR) is 124 cm³/mol. The molecule has 1 heterocycles. The number of esters is 1. The van der Waals surface area contributed by atoms with Crippen molar-refractivity contribution < 1.29 is 31.5 Å². The number of halogens is 3. The molecule has 10 heteroatoms. The largest absolute Gasteiger partial charge is 0.494 e. The van der Waals surface area contributed by atoms with Crippen molar-refractivity contribution in [1.82, 2.24) is 0 Å². The number of benzene rings is 3. The van der Waals surface area contributed by atoms with Gasteiger partial charge in [-0.3, -0.25) is 4.72 Å². The summed E-state index contributed by atoms with van der Waals surface area (Å²) >= 11 is 6.17. The summed E-state index contributed by atoms with van der Waals surface area (Å²) < 4.78 is 68.6. The minimum atomic E-state index is -4.52. The van der Waals surface area contributed by atoms with Crippen LogP contribution in [0.3, 0.4) is 0 Å². The number of rotatable bonds is 1. The van der Waals surface area contributed by atoms with Crippen molar-refractivity contribution in [3.05, 3.63) is 76.3 Å². The topological polar surface area (TPSA) is 81.7 Å². The van der Waals surface area contributed by atoms with Crippen LogP contribution in [0.15, 0.2) is 53.4 Å². The van der Waals surface area contributed by atoms with Crippen LogP contribution >= 0.6 is 11.6 Å². The summed E-state index contributed by atoms with van der Waals surface area (Å²) in [6.45, 7) is 1.91. The molecule has 0 saturated heterocycles. The zero-order chi connectivity index (χ0) is 24.6. The van der Waals surface area contributed by atoms with Gasteiger partial charge >= 0.3 is 5.97 Å². The maximum absolute atomic E-state index is 14.9. The van der Waals surface area contributed by atoms with E-state index in [9.17, 15) is 22.0 Å². The molecule has 1 aliphatic heterocycles. The summed E-state index contributed by atoms with van der Waals surface area (Å²) in [5.74, 6) is -3.14. The van der Waals surface area contributed by atoms with Crippen molar-refractivity contribution in [3.8, 4) is 16.9 Å². The van der Waals surface area contributed by atoms with Gasteiger partial charge in [0.05, 0.1) is 30.0 Å². The van der Waals surface area contributed by atoms with Gasteiger partial charge in [-0.15, -0.1) is 0 Å². The maximum atomic E-state index is 14.9. The molecular formula is C24H20ClF2NO5S. The molecule has 0 aliphatic carbocycles. The molecule has 34 heavy (non-hydrogen) atoms. The Kier molecular flexibility index (Phi) is 6.51. The summed E-state index contributed by atoms with van der Waals surface area (Å²) in [6, 6.07) is 10.9. The maximum Gasteiger partial charge on any atom is 0.338 e. The first-order chi connectivity index (χ1) is 16.1. The highest BCUT2D eigenvalue weighted by molar-refractivity contribution is 7.92. The van der Waals surface area contributed by atoms with Gasteiger partial charge in [0, 0.05) is 11.6 Å². The first-order valence-corrected chi connectivity index (χ1v) is 12.1. The second kappa shape index (κ2) is 9.23. The van der Waals surface area contributed by atoms with Crippen LogP contribution in [0, 0.1) is 11.6 Å². The van der Waals surface area contributed by atoms with Crippen molar-refractivity contribution in [1.29, 1.82) is 0 Å². The van der Waals surface area contributed by atoms with E-state index in [1.54, 1.807) is 24.3 Å². The van der Waals surface area contributed by atoms with Gasteiger partial charge in [0.15, 0.2) is 5.75 Å². The van der Waals surface area contributed by atoms with Gasteiger partial charge in [0.25, 0.3) is 10.0 Å². The van der Waals surface area contributed by atoms with Gasteiger partial charge in [-0.1, -0.05) is 42.8 Å². The molecule has 3 aromatic rings. The predicted octanol–water partition coefficient (Wildman–Crippen LogP) is 5.76. The molecule has 178 valence electrons. The molecule has 1 atom stereocenters. The normalized spacial score (nSPS) is 17.4. The highest BCUT2D eigenvalue weighted by Crippen LogP contribution is 2.38. The molecule has 1 aliphatic rings. The zero-order valence-electron chi connectivity index (χ0n) is 18.2. The Bertz CT molecular complexity index is 1390. The van der Waals surface area contributed by atoms with Crippen LogP contribution in [0.2, 0.25) is 5.02 Å². The number of fused-ring (bicyclic) bond motifs is 6. The Morgan fingerprint density at radius 3 is 2.56 bits per heavy atom. The first-order valence-electron chi connectivity index (χ1n) is 10.3. The second-order valence-corrected chi connectivity index (χ2v) is 9.88. The van der Waals surface area contributed by atoms with Crippen molar-refractivity contribution in [2.24, 2.45) is 0 Å². The summed E-state index contributed by atoms with van der Waals surface area (Å²) in [7, 11) is -3.31. The number of nitrogens with one attached hydrogen (secondary N) is 1. The van der Waals surface area contributed by atoms with E-state index in [4.69, 9.17) is 21.1 Å². The molecule has 4 rings (SSSR count). The molecule has 4 bridgehead atoms. The molecule has 6 nitrogen and oxygen atoms in total. The average Bonchev–Trinajstić information content (AvgIpc) is 2.79. The van der Waals surface area contributed by atoms with E-state index < -0.39 is 38.2 Å². The van der Waals surface area contributed by atoms with Gasteiger partial charge < -0.3 is 9.47 Å². The number of cyclic esters (lactones) is 1. The Hall–Kier alpha value is -3.17. The summed E-state index contributed by atoms with van der Waals surface area (Å²) in [5.41, 5.74) is 0.634. The molecule has 1 unspecified atom stereocenters. The van der Waals surface area contributed by atoms with E-state index in [0.717, 1.165) is 17.7 Å². The minimum Gasteiger partial charge on any atom is -0.494 e. The fourth-order valence-electron chi connectivity index (χ4n) is 3.86. The number of hydrogen-bond acceptors (Lipinski definition) is 5. The molecule has 0 amide bonds. The third kappa shape index (κ3) is 4.45. The van der Waals surface area contributed by atoms with Crippen LogP contribution in [-0.2, 0) is 14.8 Å². The Labute approximate surface area is 200 Å². The first kappa shape index (κ1) is 24.0. The van der Waals surface area contributed by atoms with Gasteiger partial charge in [0.1, 0.15) is 16.5 Å². The van der Waals surface area contributed by atoms with Crippen molar-refractivity contribution in [3.63, 3.8) is 0 Å². The molecule has 3 aromatic carbocycles.